The van der Waals surface area contributed by atoms with Crippen molar-refractivity contribution < 1.29 is 28.3 Å². The Morgan fingerprint density at radius 2 is 1.62 bits per heavy atom. The first-order chi connectivity index (χ1) is 25.1. The van der Waals surface area contributed by atoms with Crippen LogP contribution >= 0.6 is 0 Å². The highest BCUT2D eigenvalue weighted by atomic mass is 19.1. The van der Waals surface area contributed by atoms with Crippen LogP contribution in [0.15, 0.2) is 97.5 Å². The first kappa shape index (κ1) is 37.1. The van der Waals surface area contributed by atoms with Gasteiger partial charge in [-0.15, -0.1) is 0 Å². The summed E-state index contributed by atoms with van der Waals surface area (Å²) in [7, 11) is 1.33. The average Bonchev–Trinajstić information content (AvgIpc) is 3.88. The monoisotopic (exact) mass is 708 g/mol. The minimum Gasteiger partial charge on any atom is -0.479 e. The Morgan fingerprint density at radius 1 is 0.962 bits per heavy atom. The van der Waals surface area contributed by atoms with Gasteiger partial charge in [0, 0.05) is 62.8 Å². The van der Waals surface area contributed by atoms with Crippen LogP contribution in [0.2, 0.25) is 0 Å². The maximum atomic E-state index is 13.8. The molecule has 1 fully saturated rings. The molecule has 1 aliphatic rings. The normalized spacial score (nSPS) is 13.3. The molecule has 1 aliphatic carbocycles. The zero-order valence-electron chi connectivity index (χ0n) is 28.4. The molecule has 52 heavy (non-hydrogen) atoms. The quantitative estimate of drug-likeness (QED) is 0.127. The lowest BCUT2D eigenvalue weighted by molar-refractivity contribution is -0.143. The van der Waals surface area contributed by atoms with Crippen molar-refractivity contribution >= 4 is 34.5 Å². The van der Waals surface area contributed by atoms with Crippen molar-refractivity contribution in [1.29, 1.82) is 5.26 Å². The number of carboxylic acid groups (broad SMARTS) is 1. The Labute approximate surface area is 299 Å². The van der Waals surface area contributed by atoms with E-state index in [1.165, 1.54) is 19.4 Å². The smallest absolute Gasteiger partial charge is 0.339 e. The van der Waals surface area contributed by atoms with Crippen molar-refractivity contribution in [3.8, 4) is 11.9 Å². The van der Waals surface area contributed by atoms with E-state index in [1.54, 1.807) is 22.9 Å². The van der Waals surface area contributed by atoms with Crippen LogP contribution in [0.4, 0.5) is 14.5 Å². The Kier molecular flexibility index (Phi) is 12.6. The summed E-state index contributed by atoms with van der Waals surface area (Å²) >= 11 is 0. The molecule has 268 valence electrons. The number of alkyl halides is 2. The highest BCUT2D eigenvalue weighted by Gasteiger charge is 2.25. The maximum Gasteiger partial charge on any atom is 0.339 e. The van der Waals surface area contributed by atoms with E-state index in [0.717, 1.165) is 29.4 Å². The third kappa shape index (κ3) is 10.2. The second kappa shape index (κ2) is 17.6. The molecule has 5 aromatic rings. The van der Waals surface area contributed by atoms with Crippen molar-refractivity contribution in [3.05, 3.63) is 120 Å². The number of halogens is 2. The topological polar surface area (TPSA) is 165 Å². The van der Waals surface area contributed by atoms with Crippen molar-refractivity contribution in [1.82, 2.24) is 30.1 Å². The van der Waals surface area contributed by atoms with Gasteiger partial charge in [0.15, 0.2) is 6.17 Å². The number of carbonyl (C=O) groups is 3. The van der Waals surface area contributed by atoms with E-state index >= 15 is 0 Å². The molecule has 3 aromatic heterocycles. The molecule has 12 nitrogen and oxygen atoms in total. The first-order valence-corrected chi connectivity index (χ1v) is 16.6. The number of fused-ring (bicyclic) bond motifs is 1. The van der Waals surface area contributed by atoms with Gasteiger partial charge in [-0.3, -0.25) is 19.1 Å². The first-order valence-electron chi connectivity index (χ1n) is 16.6. The number of aromatic nitrogens is 3. The molecule has 0 radical (unpaired) electrons. The fourth-order valence-corrected chi connectivity index (χ4v) is 5.29. The number of nitriles is 1. The summed E-state index contributed by atoms with van der Waals surface area (Å²) in [6.07, 6.45) is 2.97. The number of benzene rings is 2. The molecule has 6 rings (SSSR count). The molecule has 2 atom stereocenters. The standard InChI is InChI=1S/C21H20FN7O2.C17H18FNO2/c1-24-21(31)16(22)11-27-20(30)15-10-25-18(7-17(15)28-14-2-3-14)29-5-4-13-6-12(8-23)9-26-19(13)29;18-16(17(20)21)13-19(11-14-7-3-1-4-8-14)12-15-9-5-2-6-10-15/h4-7,9-10,14,16H,2-3,11H2,1H3,(H,24,31)(H,25,28)(H,27,30);1-10,16H,11-13H2,(H,20,21)/t2*16-/m11/s1. The third-order valence-corrected chi connectivity index (χ3v) is 8.13. The van der Waals surface area contributed by atoms with E-state index in [0.29, 0.717) is 35.8 Å². The Morgan fingerprint density at radius 3 is 2.19 bits per heavy atom. The largest absolute Gasteiger partial charge is 0.479 e. The van der Waals surface area contributed by atoms with Crippen LogP contribution in [-0.4, -0.2) is 80.8 Å². The van der Waals surface area contributed by atoms with Gasteiger partial charge in [0.05, 0.1) is 23.4 Å². The molecule has 0 spiro atoms. The number of nitrogens with one attached hydrogen (secondary N) is 3. The number of rotatable bonds is 14. The number of anilines is 1. The van der Waals surface area contributed by atoms with Gasteiger partial charge in [0.1, 0.15) is 17.5 Å². The summed E-state index contributed by atoms with van der Waals surface area (Å²) < 4.78 is 29.1. The van der Waals surface area contributed by atoms with Crippen LogP contribution in [-0.2, 0) is 22.7 Å². The van der Waals surface area contributed by atoms with Crippen LogP contribution in [0.25, 0.3) is 16.9 Å². The van der Waals surface area contributed by atoms with Gasteiger partial charge >= 0.3 is 5.97 Å². The summed E-state index contributed by atoms with van der Waals surface area (Å²) in [6.45, 7) is 0.475. The zero-order chi connectivity index (χ0) is 37.0. The average molecular weight is 709 g/mol. The number of amides is 2. The fraction of sp³-hybridized carbons (Fsp3) is 0.263. The molecule has 4 N–H and O–H groups in total. The molecule has 2 amide bonds. The number of aliphatic carboxylic acids is 1. The summed E-state index contributed by atoms with van der Waals surface area (Å²) in [5.41, 5.74) is 3.99. The molecule has 1 saturated carbocycles. The number of carboxylic acids is 1. The number of nitrogens with zero attached hydrogens (tertiary/aromatic N) is 5. The molecule has 14 heteroatoms. The van der Waals surface area contributed by atoms with Gasteiger partial charge in [-0.1, -0.05) is 60.7 Å². The fourth-order valence-electron chi connectivity index (χ4n) is 5.29. The van der Waals surface area contributed by atoms with E-state index in [2.05, 4.69) is 32.0 Å². The molecule has 0 saturated heterocycles. The molecule has 2 aromatic carbocycles. The Hall–Kier alpha value is -6.20. The van der Waals surface area contributed by atoms with Gasteiger partial charge in [0.2, 0.25) is 6.17 Å². The van der Waals surface area contributed by atoms with Crippen molar-refractivity contribution in [2.45, 2.75) is 44.3 Å². The lowest BCUT2D eigenvalue weighted by Gasteiger charge is -2.23. The second-order valence-electron chi connectivity index (χ2n) is 12.2. The van der Waals surface area contributed by atoms with E-state index in [9.17, 15) is 23.2 Å². The van der Waals surface area contributed by atoms with Crippen LogP contribution in [0.3, 0.4) is 0 Å². The van der Waals surface area contributed by atoms with E-state index in [1.807, 2.05) is 71.6 Å². The maximum absolute atomic E-state index is 13.8. The van der Waals surface area contributed by atoms with Crippen molar-refractivity contribution in [2.75, 3.05) is 25.5 Å². The second-order valence-corrected chi connectivity index (χ2v) is 12.2. The number of hydrogen-bond donors (Lipinski definition) is 4. The minimum atomic E-state index is -1.88. The predicted octanol–water partition coefficient (Wildman–Crippen LogP) is 4.79. The van der Waals surface area contributed by atoms with Crippen LogP contribution in [0, 0.1) is 11.3 Å². The SMILES string of the molecule is CNC(=O)[C@H](F)CNC(=O)c1cnc(-n2ccc3cc(C#N)cnc32)cc1NC1CC1.O=C(O)[C@H](F)CN(Cc1ccccc1)Cc1ccccc1. The van der Waals surface area contributed by atoms with Gasteiger partial charge in [-0.25, -0.2) is 23.5 Å². The van der Waals surface area contributed by atoms with Gasteiger partial charge in [-0.2, -0.15) is 5.26 Å². The number of pyridine rings is 2. The van der Waals surface area contributed by atoms with Gasteiger partial charge in [-0.05, 0) is 36.1 Å². The number of hydrogen-bond acceptors (Lipinski definition) is 8. The molecule has 0 bridgehead atoms. The summed E-state index contributed by atoms with van der Waals surface area (Å²) in [5, 5.41) is 26.6. The number of carbonyl (C=O) groups excluding carboxylic acids is 2. The van der Waals surface area contributed by atoms with Crippen molar-refractivity contribution in [2.24, 2.45) is 0 Å². The lowest BCUT2D eigenvalue weighted by atomic mass is 10.1. The third-order valence-electron chi connectivity index (χ3n) is 8.13. The molecule has 0 aliphatic heterocycles. The van der Waals surface area contributed by atoms with E-state index in [4.69, 9.17) is 10.4 Å². The summed E-state index contributed by atoms with van der Waals surface area (Å²) in [5.74, 6) is -2.19. The predicted molar refractivity (Wildman–Crippen MR) is 191 cm³/mol. The Balaban J connectivity index is 0.000000217. The van der Waals surface area contributed by atoms with Gasteiger partial charge in [0.25, 0.3) is 11.8 Å². The van der Waals surface area contributed by atoms with Gasteiger partial charge < -0.3 is 21.1 Å². The summed E-state index contributed by atoms with van der Waals surface area (Å²) in [6, 6.07) is 26.9. The van der Waals surface area contributed by atoms with E-state index in [-0.39, 0.29) is 18.2 Å². The summed E-state index contributed by atoms with van der Waals surface area (Å²) in [4.78, 5) is 45.2. The van der Waals surface area contributed by atoms with E-state index < -0.39 is 36.7 Å². The molecule has 3 heterocycles. The highest BCUT2D eigenvalue weighted by Crippen LogP contribution is 2.29. The minimum absolute atomic E-state index is 0.126. The lowest BCUT2D eigenvalue weighted by Crippen LogP contribution is -2.39. The Bertz CT molecular complexity index is 1990. The van der Waals surface area contributed by atoms with Crippen LogP contribution < -0.4 is 16.0 Å². The molecular weight excluding hydrogens is 670 g/mol. The van der Waals surface area contributed by atoms with Crippen LogP contribution in [0.5, 0.6) is 0 Å². The molecular formula is C38H38F2N8O4. The highest BCUT2D eigenvalue weighted by molar-refractivity contribution is 6.00. The van der Waals surface area contributed by atoms with Crippen molar-refractivity contribution in [3.63, 3.8) is 0 Å². The molecule has 0 unspecified atom stereocenters. The zero-order valence-corrected chi connectivity index (χ0v) is 28.4. The van der Waals surface area contributed by atoms with Crippen LogP contribution in [0.1, 0.15) is 39.9 Å².